The van der Waals surface area contributed by atoms with E-state index in [2.05, 4.69) is 0 Å². The lowest BCUT2D eigenvalue weighted by molar-refractivity contribution is 0.669. The van der Waals surface area contributed by atoms with Crippen molar-refractivity contribution in [3.05, 3.63) is 145 Å². The van der Waals surface area contributed by atoms with Gasteiger partial charge in [0.2, 0.25) is 0 Å². The van der Waals surface area contributed by atoms with Gasteiger partial charge in [-0.2, -0.15) is 0 Å². The average molecular weight is 509 g/mol. The van der Waals surface area contributed by atoms with Crippen molar-refractivity contribution in [1.29, 1.82) is 0 Å². The molecule has 8 aromatic rings. The summed E-state index contributed by atoms with van der Waals surface area (Å²) in [5.41, 5.74) is 1.69. The zero-order valence-corrected chi connectivity index (χ0v) is 20.3. The van der Waals surface area contributed by atoms with Crippen LogP contribution in [0, 0.1) is 0 Å². The third-order valence-corrected chi connectivity index (χ3v) is 6.98. The Morgan fingerprint density at radius 2 is 1.08 bits per heavy atom. The maximum atomic E-state index is 9.74. The van der Waals surface area contributed by atoms with Gasteiger partial charge in [-0.05, 0) is 79.2 Å². The van der Waals surface area contributed by atoms with Gasteiger partial charge >= 0.3 is 0 Å². The van der Waals surface area contributed by atoms with Crippen LogP contribution in [0.4, 0.5) is 0 Å². The van der Waals surface area contributed by atoms with Crippen LogP contribution in [0.2, 0.25) is 0 Å². The first kappa shape index (κ1) is 13.1. The molecule has 1 nitrogen and oxygen atoms in total. The number of rotatable bonds is 3. The minimum absolute atomic E-state index is 0.0290. The van der Waals surface area contributed by atoms with Crippen LogP contribution in [0.25, 0.3) is 76.9 Å². The fraction of sp³-hybridized carbons (Fsp3) is 0. The van der Waals surface area contributed by atoms with Crippen LogP contribution in [-0.4, -0.2) is 0 Å². The van der Waals surface area contributed by atoms with Crippen molar-refractivity contribution in [2.45, 2.75) is 0 Å². The SMILES string of the molecule is [2H]c1c([2H])c([2H])c(-c2c3c([2H])c([2H])c([2H])c([2H])c3c(-c3ccc4oc5ccccc5c4c3)c3c([2H])c(-c4ccccc4)c([2H])c([2H])c23)c([2H])c1[2H]. The lowest BCUT2D eigenvalue weighted by Gasteiger charge is -2.19. The van der Waals surface area contributed by atoms with Gasteiger partial charge in [0.25, 0.3) is 0 Å². The van der Waals surface area contributed by atoms with Crippen LogP contribution in [-0.2, 0) is 0 Å². The number of benzene rings is 7. The Balaban J connectivity index is 1.72. The third kappa shape index (κ3) is 3.48. The van der Waals surface area contributed by atoms with Crippen molar-refractivity contribution in [3.63, 3.8) is 0 Å². The molecule has 0 spiro atoms. The molecule has 0 aliphatic carbocycles. The van der Waals surface area contributed by atoms with Crippen LogP contribution in [0.5, 0.6) is 0 Å². The second-order valence-corrected chi connectivity index (χ2v) is 9.18. The molecule has 0 fully saturated rings. The van der Waals surface area contributed by atoms with Crippen LogP contribution in [0.15, 0.2) is 150 Å². The Kier molecular flexibility index (Phi) is 2.92. The van der Waals surface area contributed by atoms with Gasteiger partial charge in [0.15, 0.2) is 0 Å². The maximum Gasteiger partial charge on any atom is 0.135 e. The average Bonchev–Trinajstić information content (AvgIpc) is 3.51. The molecule has 0 radical (unpaired) electrons. The molecule has 1 heterocycles. The molecular weight excluding hydrogens is 472 g/mol. The molecule has 0 N–H and O–H groups in total. The molecule has 7 aromatic carbocycles. The Bertz CT molecular complexity index is 2800. The Morgan fingerprint density at radius 1 is 0.410 bits per heavy atom. The fourth-order valence-electron chi connectivity index (χ4n) is 5.26. The van der Waals surface area contributed by atoms with Crippen molar-refractivity contribution in [1.82, 2.24) is 0 Å². The maximum absolute atomic E-state index is 9.74. The first-order chi connectivity index (χ1) is 24.3. The van der Waals surface area contributed by atoms with Gasteiger partial charge < -0.3 is 4.42 Å². The molecule has 0 saturated carbocycles. The largest absolute Gasteiger partial charge is 0.456 e. The zero-order valence-electron chi connectivity index (χ0n) is 32.3. The Hall–Kier alpha value is -5.14. The van der Waals surface area contributed by atoms with E-state index in [1.54, 1.807) is 48.5 Å². The highest BCUT2D eigenvalue weighted by Crippen LogP contribution is 2.45. The molecule has 0 unspecified atom stereocenters. The van der Waals surface area contributed by atoms with Crippen molar-refractivity contribution in [2.75, 3.05) is 0 Å². The van der Waals surface area contributed by atoms with Crippen molar-refractivity contribution in [2.24, 2.45) is 0 Å². The minimum Gasteiger partial charge on any atom is -0.456 e. The molecule has 0 saturated heterocycles. The molecule has 1 heteroatoms. The van der Waals surface area contributed by atoms with E-state index in [1.165, 1.54) is 0 Å². The monoisotopic (exact) mass is 508 g/mol. The van der Waals surface area contributed by atoms with Gasteiger partial charge in [-0.25, -0.2) is 0 Å². The minimum atomic E-state index is -0.681. The number of furan rings is 1. The predicted molar refractivity (Wildman–Crippen MR) is 165 cm³/mol. The summed E-state index contributed by atoms with van der Waals surface area (Å²) in [5, 5.41) is 1.10. The molecule has 8 rings (SSSR count). The van der Waals surface area contributed by atoms with Gasteiger partial charge in [0.05, 0.1) is 16.4 Å². The smallest absolute Gasteiger partial charge is 0.135 e. The molecule has 39 heavy (non-hydrogen) atoms. The molecule has 182 valence electrons. The lowest BCUT2D eigenvalue weighted by atomic mass is 9.84. The zero-order chi connectivity index (χ0) is 36.2. The summed E-state index contributed by atoms with van der Waals surface area (Å²) >= 11 is 0. The normalized spacial score (nSPS) is 15.9. The van der Waals surface area contributed by atoms with Gasteiger partial charge in [-0.15, -0.1) is 0 Å². The summed E-state index contributed by atoms with van der Waals surface area (Å²) in [4.78, 5) is 0. The van der Waals surface area contributed by atoms with E-state index in [9.17, 15) is 6.85 Å². The van der Waals surface area contributed by atoms with E-state index < -0.39 is 66.0 Å². The summed E-state index contributed by atoms with van der Waals surface area (Å²) in [7, 11) is 0. The van der Waals surface area contributed by atoms with E-state index in [-0.39, 0.29) is 50.3 Å². The molecule has 1 aromatic heterocycles. The van der Waals surface area contributed by atoms with Gasteiger partial charge in [-0.3, -0.25) is 0 Å². The lowest BCUT2D eigenvalue weighted by Crippen LogP contribution is -1.91. The van der Waals surface area contributed by atoms with Crippen molar-refractivity contribution in [3.8, 4) is 33.4 Å². The number of hydrogen-bond donors (Lipinski definition) is 0. The molecule has 0 amide bonds. The summed E-state index contributed by atoms with van der Waals surface area (Å²) in [6.07, 6.45) is 0. The second kappa shape index (κ2) is 8.72. The third-order valence-electron chi connectivity index (χ3n) is 6.98. The first-order valence-electron chi connectivity index (χ1n) is 18.4. The highest BCUT2D eigenvalue weighted by Gasteiger charge is 2.18. The van der Waals surface area contributed by atoms with E-state index in [0.717, 1.165) is 5.39 Å². The van der Waals surface area contributed by atoms with Gasteiger partial charge in [0, 0.05) is 10.8 Å². The highest BCUT2D eigenvalue weighted by atomic mass is 16.3. The van der Waals surface area contributed by atoms with Crippen molar-refractivity contribution < 1.29 is 20.9 Å². The molecule has 0 atom stereocenters. The summed E-state index contributed by atoms with van der Waals surface area (Å²) in [6.45, 7) is 0. The molecule has 0 bridgehead atoms. The predicted octanol–water partition coefficient (Wildman–Crippen LogP) is 10.9. The standard InChI is InChI=1S/C38H24O/c1-3-11-25(12-4-1)27-19-21-32-34(23-27)38(28-20-22-36-33(24-28)29-15-9-10-18-35(29)39-36)31-17-8-7-16-30(31)37(32)26-13-5-2-6-14-26/h1-24H/i2D,5D,6D,7D,8D,13D,14D,16D,17D,19D,21D,23D. The first-order valence-corrected chi connectivity index (χ1v) is 12.4. The summed E-state index contributed by atoms with van der Waals surface area (Å²) < 4.78 is 113. The molecular formula is C38H24O. The number of para-hydroxylation sites is 1. The van der Waals surface area contributed by atoms with E-state index in [0.29, 0.717) is 27.7 Å². The Labute approximate surface area is 243 Å². The summed E-state index contributed by atoms with van der Waals surface area (Å²) in [5.74, 6) is 0. The van der Waals surface area contributed by atoms with Gasteiger partial charge in [0.1, 0.15) is 11.2 Å². The topological polar surface area (TPSA) is 13.1 Å². The van der Waals surface area contributed by atoms with E-state index in [4.69, 9.17) is 14.0 Å². The highest BCUT2D eigenvalue weighted by molar-refractivity contribution is 6.22. The quantitative estimate of drug-likeness (QED) is 0.216. The number of hydrogen-bond acceptors (Lipinski definition) is 1. The van der Waals surface area contributed by atoms with Crippen LogP contribution < -0.4 is 0 Å². The van der Waals surface area contributed by atoms with Crippen LogP contribution in [0.1, 0.15) is 16.4 Å². The second-order valence-electron chi connectivity index (χ2n) is 9.18. The number of fused-ring (bicyclic) bond motifs is 5. The van der Waals surface area contributed by atoms with E-state index in [1.807, 2.05) is 24.3 Å². The Morgan fingerprint density at radius 3 is 1.90 bits per heavy atom. The van der Waals surface area contributed by atoms with Crippen LogP contribution in [0.3, 0.4) is 0 Å². The van der Waals surface area contributed by atoms with Crippen LogP contribution >= 0.6 is 0 Å². The van der Waals surface area contributed by atoms with Crippen molar-refractivity contribution >= 4 is 43.5 Å². The fourth-order valence-corrected chi connectivity index (χ4v) is 5.26. The molecule has 0 aliphatic rings. The summed E-state index contributed by atoms with van der Waals surface area (Å²) in [6, 6.07) is 14.6. The van der Waals surface area contributed by atoms with E-state index >= 15 is 0 Å². The molecule has 0 aliphatic heterocycles. The van der Waals surface area contributed by atoms with Gasteiger partial charge in [-0.1, -0.05) is 121 Å².